The van der Waals surface area contributed by atoms with Gasteiger partial charge >= 0.3 is 0 Å². The first kappa shape index (κ1) is 15.1. The fourth-order valence-corrected chi connectivity index (χ4v) is 3.16. The van der Waals surface area contributed by atoms with Crippen LogP contribution in [0, 0.1) is 5.92 Å². The van der Waals surface area contributed by atoms with Gasteiger partial charge in [-0.3, -0.25) is 4.79 Å². The normalized spacial score (nSPS) is 22.2. The van der Waals surface area contributed by atoms with E-state index in [1.165, 1.54) is 0 Å². The largest absolute Gasteiger partial charge is 0.396 e. The van der Waals surface area contributed by atoms with Crippen molar-refractivity contribution >= 4 is 16.8 Å². The lowest BCUT2D eigenvalue weighted by molar-refractivity contribution is -0.136. The minimum absolute atomic E-state index is 0.0153. The van der Waals surface area contributed by atoms with Gasteiger partial charge in [0.15, 0.2) is 0 Å². The van der Waals surface area contributed by atoms with Gasteiger partial charge in [0, 0.05) is 49.1 Å². The molecule has 0 saturated carbocycles. The molecule has 22 heavy (non-hydrogen) atoms. The summed E-state index contributed by atoms with van der Waals surface area (Å²) in [6.07, 6.45) is 3.15. The number of piperidine rings is 1. The zero-order valence-electron chi connectivity index (χ0n) is 12.5. The number of β-amino-alcohol motifs (C(OH)–C–C–N with tert-alkyl or cyclic N) is 1. The molecule has 5 heteroatoms. The van der Waals surface area contributed by atoms with E-state index in [0.29, 0.717) is 32.4 Å². The van der Waals surface area contributed by atoms with Crippen molar-refractivity contribution in [1.29, 1.82) is 0 Å². The lowest BCUT2D eigenvalue weighted by Gasteiger charge is -2.35. The van der Waals surface area contributed by atoms with Crippen LogP contribution in [-0.4, -0.2) is 51.8 Å². The van der Waals surface area contributed by atoms with E-state index in [4.69, 9.17) is 5.11 Å². The summed E-state index contributed by atoms with van der Waals surface area (Å²) in [5.74, 6) is -0.0293. The maximum atomic E-state index is 12.3. The molecule has 3 rings (SSSR count). The number of fused-ring (bicyclic) bond motifs is 1. The van der Waals surface area contributed by atoms with Crippen LogP contribution in [0.15, 0.2) is 30.5 Å². The highest BCUT2D eigenvalue weighted by molar-refractivity contribution is 5.84. The molecule has 1 saturated heterocycles. The van der Waals surface area contributed by atoms with Crippen LogP contribution < -0.4 is 0 Å². The number of carbonyl (C=O) groups excluding carboxylic acids is 1. The summed E-state index contributed by atoms with van der Waals surface area (Å²) >= 11 is 0. The number of rotatable bonds is 4. The van der Waals surface area contributed by atoms with E-state index >= 15 is 0 Å². The SMILES string of the molecule is O=C(CCc1c[nH]c2ccccc12)N1CC[C@H](CO)[C@H](O)C1. The first-order valence-corrected chi connectivity index (χ1v) is 7.80. The highest BCUT2D eigenvalue weighted by atomic mass is 16.3. The number of para-hydroxylation sites is 1. The van der Waals surface area contributed by atoms with E-state index in [0.717, 1.165) is 16.5 Å². The van der Waals surface area contributed by atoms with Gasteiger partial charge in [0.05, 0.1) is 6.10 Å². The Hall–Kier alpha value is -1.85. The number of nitrogens with one attached hydrogen (secondary N) is 1. The molecule has 118 valence electrons. The van der Waals surface area contributed by atoms with Gasteiger partial charge in [-0.1, -0.05) is 18.2 Å². The Morgan fingerprint density at radius 1 is 1.36 bits per heavy atom. The number of hydrogen-bond donors (Lipinski definition) is 3. The molecule has 1 amide bonds. The molecular weight excluding hydrogens is 280 g/mol. The molecule has 1 aromatic carbocycles. The van der Waals surface area contributed by atoms with Crippen molar-refractivity contribution in [2.75, 3.05) is 19.7 Å². The molecule has 0 bridgehead atoms. The van der Waals surface area contributed by atoms with E-state index in [-0.39, 0.29) is 18.4 Å². The van der Waals surface area contributed by atoms with Gasteiger partial charge in [0.2, 0.25) is 5.91 Å². The number of H-pyrrole nitrogens is 1. The molecule has 0 unspecified atom stereocenters. The standard InChI is InChI=1S/C17H22N2O3/c20-11-13-7-8-19(10-16(13)21)17(22)6-5-12-9-18-15-4-2-1-3-14(12)15/h1-4,9,13,16,18,20-21H,5-8,10-11H2/t13-,16-/m1/s1. The summed E-state index contributed by atoms with van der Waals surface area (Å²) in [5, 5.41) is 20.2. The summed E-state index contributed by atoms with van der Waals surface area (Å²) < 4.78 is 0. The fraction of sp³-hybridized carbons (Fsp3) is 0.471. The average Bonchev–Trinajstić information content (AvgIpc) is 2.95. The second kappa shape index (κ2) is 6.50. The van der Waals surface area contributed by atoms with Crippen LogP contribution in [0.25, 0.3) is 10.9 Å². The highest BCUT2D eigenvalue weighted by Crippen LogP contribution is 2.21. The number of nitrogens with zero attached hydrogens (tertiary/aromatic N) is 1. The molecule has 2 heterocycles. The second-order valence-electron chi connectivity index (χ2n) is 6.00. The Kier molecular flexibility index (Phi) is 4.45. The van der Waals surface area contributed by atoms with E-state index in [9.17, 15) is 9.90 Å². The Morgan fingerprint density at radius 3 is 2.95 bits per heavy atom. The van der Waals surface area contributed by atoms with Crippen molar-refractivity contribution in [3.05, 3.63) is 36.0 Å². The van der Waals surface area contributed by atoms with E-state index in [2.05, 4.69) is 11.1 Å². The van der Waals surface area contributed by atoms with Crippen molar-refractivity contribution in [1.82, 2.24) is 9.88 Å². The molecule has 0 aliphatic carbocycles. The van der Waals surface area contributed by atoms with Crippen molar-refractivity contribution in [3.8, 4) is 0 Å². The predicted molar refractivity (Wildman–Crippen MR) is 84.4 cm³/mol. The summed E-state index contributed by atoms with van der Waals surface area (Å²) in [7, 11) is 0. The summed E-state index contributed by atoms with van der Waals surface area (Å²) in [6, 6.07) is 8.07. The number of aliphatic hydroxyl groups excluding tert-OH is 2. The van der Waals surface area contributed by atoms with Crippen molar-refractivity contribution in [2.45, 2.75) is 25.4 Å². The van der Waals surface area contributed by atoms with Gasteiger partial charge in [0.1, 0.15) is 0 Å². The lowest BCUT2D eigenvalue weighted by atomic mass is 9.94. The van der Waals surface area contributed by atoms with Crippen LogP contribution in [0.2, 0.25) is 0 Å². The molecule has 1 aliphatic heterocycles. The predicted octanol–water partition coefficient (Wildman–Crippen LogP) is 1.30. The molecule has 1 fully saturated rings. The number of benzene rings is 1. The van der Waals surface area contributed by atoms with Gasteiger partial charge < -0.3 is 20.1 Å². The van der Waals surface area contributed by atoms with Crippen LogP contribution in [0.1, 0.15) is 18.4 Å². The topological polar surface area (TPSA) is 76.6 Å². The summed E-state index contributed by atoms with van der Waals surface area (Å²) in [4.78, 5) is 17.2. The number of amides is 1. The molecule has 5 nitrogen and oxygen atoms in total. The highest BCUT2D eigenvalue weighted by Gasteiger charge is 2.29. The zero-order chi connectivity index (χ0) is 15.5. The molecule has 3 N–H and O–H groups in total. The Labute approximate surface area is 129 Å². The molecule has 1 aromatic heterocycles. The third kappa shape index (κ3) is 3.00. The van der Waals surface area contributed by atoms with Gasteiger partial charge in [0.25, 0.3) is 0 Å². The molecule has 2 aromatic rings. The first-order valence-electron chi connectivity index (χ1n) is 7.80. The molecule has 2 atom stereocenters. The van der Waals surface area contributed by atoms with Gasteiger partial charge in [-0.15, -0.1) is 0 Å². The number of aromatic amines is 1. The fourth-order valence-electron chi connectivity index (χ4n) is 3.16. The monoisotopic (exact) mass is 302 g/mol. The van der Waals surface area contributed by atoms with Crippen LogP contribution in [-0.2, 0) is 11.2 Å². The molecule has 0 radical (unpaired) electrons. The van der Waals surface area contributed by atoms with Crippen LogP contribution in [0.4, 0.5) is 0 Å². The summed E-state index contributed by atoms with van der Waals surface area (Å²) in [6.45, 7) is 0.936. The van der Waals surface area contributed by atoms with E-state index in [1.54, 1.807) is 4.90 Å². The van der Waals surface area contributed by atoms with Crippen molar-refractivity contribution < 1.29 is 15.0 Å². The van der Waals surface area contributed by atoms with E-state index in [1.807, 2.05) is 24.4 Å². The van der Waals surface area contributed by atoms with Crippen molar-refractivity contribution in [3.63, 3.8) is 0 Å². The summed E-state index contributed by atoms with van der Waals surface area (Å²) in [5.41, 5.74) is 2.24. The van der Waals surface area contributed by atoms with Crippen LogP contribution in [0.3, 0.4) is 0 Å². The molecular formula is C17H22N2O3. The van der Waals surface area contributed by atoms with E-state index < -0.39 is 6.10 Å². The van der Waals surface area contributed by atoms with Gasteiger partial charge in [-0.25, -0.2) is 0 Å². The Bertz CT molecular complexity index is 652. The molecule has 1 aliphatic rings. The average molecular weight is 302 g/mol. The minimum Gasteiger partial charge on any atom is -0.396 e. The number of carbonyl (C=O) groups is 1. The number of likely N-dealkylation sites (tertiary alicyclic amines) is 1. The smallest absolute Gasteiger partial charge is 0.222 e. The maximum absolute atomic E-state index is 12.3. The number of aryl methyl sites for hydroxylation is 1. The second-order valence-corrected chi connectivity index (χ2v) is 6.00. The van der Waals surface area contributed by atoms with Crippen LogP contribution in [0.5, 0.6) is 0 Å². The lowest BCUT2D eigenvalue weighted by Crippen LogP contribution is -2.47. The Morgan fingerprint density at radius 2 is 2.18 bits per heavy atom. The van der Waals surface area contributed by atoms with Gasteiger partial charge in [-0.2, -0.15) is 0 Å². The third-order valence-corrected chi connectivity index (χ3v) is 4.59. The third-order valence-electron chi connectivity index (χ3n) is 4.59. The maximum Gasteiger partial charge on any atom is 0.222 e. The van der Waals surface area contributed by atoms with Crippen LogP contribution >= 0.6 is 0 Å². The molecule has 0 spiro atoms. The van der Waals surface area contributed by atoms with Crippen molar-refractivity contribution in [2.24, 2.45) is 5.92 Å². The minimum atomic E-state index is -0.615. The zero-order valence-corrected chi connectivity index (χ0v) is 12.5. The Balaban J connectivity index is 1.59. The number of aromatic nitrogens is 1. The number of aliphatic hydroxyl groups is 2. The quantitative estimate of drug-likeness (QED) is 0.797. The number of hydrogen-bond acceptors (Lipinski definition) is 3. The first-order chi connectivity index (χ1) is 10.7. The van der Waals surface area contributed by atoms with Gasteiger partial charge in [-0.05, 0) is 24.5 Å².